The molecule has 0 aromatic heterocycles. The van der Waals surface area contributed by atoms with Gasteiger partial charge in [-0.15, -0.1) is 0 Å². The van der Waals surface area contributed by atoms with Gasteiger partial charge in [0.05, 0.1) is 5.92 Å². The zero-order chi connectivity index (χ0) is 11.6. The molecule has 0 aliphatic heterocycles. The van der Waals surface area contributed by atoms with Crippen LogP contribution < -0.4 is 4.90 Å². The van der Waals surface area contributed by atoms with Crippen LogP contribution in [0.4, 0.5) is 10.1 Å². The van der Waals surface area contributed by atoms with Gasteiger partial charge < -0.3 is 10.0 Å². The molecule has 1 aromatic carbocycles. The first kappa shape index (κ1) is 11.5. The molecule has 0 fully saturated rings. The number of carboxylic acids is 1. The highest BCUT2D eigenvalue weighted by atomic mass is 19.1. The summed E-state index contributed by atoms with van der Waals surface area (Å²) < 4.78 is 13.0. The van der Waals surface area contributed by atoms with E-state index in [9.17, 15) is 9.18 Å². The molecule has 0 radical (unpaired) electrons. The van der Waals surface area contributed by atoms with Crippen LogP contribution in [0.3, 0.4) is 0 Å². The minimum Gasteiger partial charge on any atom is -0.481 e. The van der Waals surface area contributed by atoms with Crippen LogP contribution in [0.5, 0.6) is 0 Å². The van der Waals surface area contributed by atoms with E-state index >= 15 is 0 Å². The number of carboxylic acid groups (broad SMARTS) is 1. The second kappa shape index (κ2) is 4.29. The Morgan fingerprint density at radius 1 is 1.47 bits per heavy atom. The number of anilines is 1. The average Bonchev–Trinajstić information content (AvgIpc) is 2.16. The van der Waals surface area contributed by atoms with Crippen LogP contribution >= 0.6 is 0 Å². The second-order valence-corrected chi connectivity index (χ2v) is 3.66. The molecule has 82 valence electrons. The van der Waals surface area contributed by atoms with Gasteiger partial charge in [0.1, 0.15) is 5.82 Å². The Labute approximate surface area is 88.1 Å². The lowest BCUT2D eigenvalue weighted by atomic mass is 9.99. The third-order valence-electron chi connectivity index (χ3n) is 2.31. The highest BCUT2D eigenvalue weighted by molar-refractivity contribution is 5.78. The fourth-order valence-electron chi connectivity index (χ4n) is 1.40. The van der Waals surface area contributed by atoms with Gasteiger partial charge in [-0.3, -0.25) is 4.79 Å². The predicted molar refractivity (Wildman–Crippen MR) is 56.8 cm³/mol. The Balaban J connectivity index is 3.22. The molecule has 0 aliphatic carbocycles. The van der Waals surface area contributed by atoms with E-state index in [0.29, 0.717) is 11.3 Å². The molecule has 1 N–H and O–H groups in total. The molecule has 3 nitrogen and oxygen atoms in total. The van der Waals surface area contributed by atoms with Gasteiger partial charge in [-0.1, -0.05) is 6.07 Å². The maximum atomic E-state index is 13.0. The van der Waals surface area contributed by atoms with E-state index in [1.54, 1.807) is 25.9 Å². The molecule has 0 heterocycles. The SMILES string of the molecule is CC(C(=O)O)c1ccc(F)cc1N(C)C. The van der Waals surface area contributed by atoms with E-state index in [1.807, 2.05) is 0 Å². The van der Waals surface area contributed by atoms with Gasteiger partial charge in [0.2, 0.25) is 0 Å². The van der Waals surface area contributed by atoms with Crippen LogP contribution in [0.1, 0.15) is 18.4 Å². The molecule has 0 aliphatic rings. The molecule has 0 saturated heterocycles. The van der Waals surface area contributed by atoms with Gasteiger partial charge in [-0.25, -0.2) is 4.39 Å². The number of hydrogen-bond acceptors (Lipinski definition) is 2. The highest BCUT2D eigenvalue weighted by Gasteiger charge is 2.18. The van der Waals surface area contributed by atoms with Crippen molar-refractivity contribution < 1.29 is 14.3 Å². The standard InChI is InChI=1S/C11H14FNO2/c1-7(11(14)15)9-5-4-8(12)6-10(9)13(2)3/h4-7H,1-3H3,(H,14,15). The zero-order valence-electron chi connectivity index (χ0n) is 8.99. The van der Waals surface area contributed by atoms with Crippen LogP contribution in [0.2, 0.25) is 0 Å². The fraction of sp³-hybridized carbons (Fsp3) is 0.364. The van der Waals surface area contributed by atoms with Gasteiger partial charge in [-0.05, 0) is 24.6 Å². The normalized spacial score (nSPS) is 12.3. The summed E-state index contributed by atoms with van der Waals surface area (Å²) in [7, 11) is 3.51. The van der Waals surface area contributed by atoms with Crippen LogP contribution in [0.25, 0.3) is 0 Å². The Bertz CT molecular complexity index is 377. The predicted octanol–water partition coefficient (Wildman–Crippen LogP) is 2.08. The van der Waals surface area contributed by atoms with E-state index in [0.717, 1.165) is 0 Å². The number of halogens is 1. The summed E-state index contributed by atoms with van der Waals surface area (Å²) in [5, 5.41) is 8.90. The van der Waals surface area contributed by atoms with Gasteiger partial charge >= 0.3 is 5.97 Å². The van der Waals surface area contributed by atoms with Crippen molar-refractivity contribution in [3.05, 3.63) is 29.6 Å². The smallest absolute Gasteiger partial charge is 0.310 e. The number of hydrogen-bond donors (Lipinski definition) is 1. The summed E-state index contributed by atoms with van der Waals surface area (Å²) in [4.78, 5) is 12.6. The quantitative estimate of drug-likeness (QED) is 0.832. The summed E-state index contributed by atoms with van der Waals surface area (Å²) in [5.74, 6) is -1.91. The van der Waals surface area contributed by atoms with Crippen molar-refractivity contribution >= 4 is 11.7 Å². The van der Waals surface area contributed by atoms with E-state index in [1.165, 1.54) is 18.2 Å². The lowest BCUT2D eigenvalue weighted by Gasteiger charge is -2.19. The molecule has 4 heteroatoms. The Morgan fingerprint density at radius 3 is 2.53 bits per heavy atom. The molecular formula is C11H14FNO2. The van der Waals surface area contributed by atoms with Crippen LogP contribution in [-0.4, -0.2) is 25.2 Å². The van der Waals surface area contributed by atoms with Crippen molar-refractivity contribution in [2.24, 2.45) is 0 Å². The number of benzene rings is 1. The van der Waals surface area contributed by atoms with E-state index in [4.69, 9.17) is 5.11 Å². The number of carbonyl (C=O) groups is 1. The summed E-state index contributed by atoms with van der Waals surface area (Å²) in [6.07, 6.45) is 0. The van der Waals surface area contributed by atoms with Crippen molar-refractivity contribution in [2.75, 3.05) is 19.0 Å². The zero-order valence-corrected chi connectivity index (χ0v) is 8.99. The Hall–Kier alpha value is -1.58. The van der Waals surface area contributed by atoms with Gasteiger partial charge in [-0.2, -0.15) is 0 Å². The fourth-order valence-corrected chi connectivity index (χ4v) is 1.40. The monoisotopic (exact) mass is 211 g/mol. The molecule has 1 atom stereocenters. The third-order valence-corrected chi connectivity index (χ3v) is 2.31. The summed E-state index contributed by atoms with van der Waals surface area (Å²) >= 11 is 0. The molecule has 0 bridgehead atoms. The molecule has 0 amide bonds. The summed E-state index contributed by atoms with van der Waals surface area (Å²) in [5.41, 5.74) is 1.22. The minimum atomic E-state index is -0.912. The van der Waals surface area contributed by atoms with E-state index in [2.05, 4.69) is 0 Å². The largest absolute Gasteiger partial charge is 0.481 e. The van der Waals surface area contributed by atoms with Crippen molar-refractivity contribution in [3.8, 4) is 0 Å². The number of rotatable bonds is 3. The van der Waals surface area contributed by atoms with Crippen molar-refractivity contribution in [1.29, 1.82) is 0 Å². The first-order chi connectivity index (χ1) is 6.93. The first-order valence-electron chi connectivity index (χ1n) is 4.63. The van der Waals surface area contributed by atoms with Crippen LogP contribution in [-0.2, 0) is 4.79 Å². The Kier molecular flexibility index (Phi) is 3.29. The molecular weight excluding hydrogens is 197 g/mol. The molecule has 0 saturated carbocycles. The van der Waals surface area contributed by atoms with Crippen molar-refractivity contribution in [1.82, 2.24) is 0 Å². The number of aliphatic carboxylic acids is 1. The highest BCUT2D eigenvalue weighted by Crippen LogP contribution is 2.27. The lowest BCUT2D eigenvalue weighted by molar-refractivity contribution is -0.138. The van der Waals surface area contributed by atoms with Crippen molar-refractivity contribution in [2.45, 2.75) is 12.8 Å². The van der Waals surface area contributed by atoms with Crippen LogP contribution in [0.15, 0.2) is 18.2 Å². The summed E-state index contributed by atoms with van der Waals surface area (Å²) in [6, 6.07) is 4.14. The number of nitrogens with zero attached hydrogens (tertiary/aromatic N) is 1. The maximum Gasteiger partial charge on any atom is 0.310 e. The summed E-state index contributed by atoms with van der Waals surface area (Å²) in [6.45, 7) is 1.59. The second-order valence-electron chi connectivity index (χ2n) is 3.66. The van der Waals surface area contributed by atoms with E-state index < -0.39 is 11.9 Å². The maximum absolute atomic E-state index is 13.0. The molecule has 1 rings (SSSR count). The van der Waals surface area contributed by atoms with E-state index in [-0.39, 0.29) is 5.82 Å². The lowest BCUT2D eigenvalue weighted by Crippen LogP contribution is -2.16. The molecule has 1 unspecified atom stereocenters. The third kappa shape index (κ3) is 2.46. The Morgan fingerprint density at radius 2 is 2.07 bits per heavy atom. The topological polar surface area (TPSA) is 40.5 Å². The minimum absolute atomic E-state index is 0.361. The molecule has 0 spiro atoms. The van der Waals surface area contributed by atoms with Crippen molar-refractivity contribution in [3.63, 3.8) is 0 Å². The molecule has 15 heavy (non-hydrogen) atoms. The average molecular weight is 211 g/mol. The molecule has 1 aromatic rings. The van der Waals surface area contributed by atoms with Gasteiger partial charge in [0, 0.05) is 19.8 Å². The van der Waals surface area contributed by atoms with Crippen LogP contribution in [0, 0.1) is 5.82 Å². The van der Waals surface area contributed by atoms with Gasteiger partial charge in [0.15, 0.2) is 0 Å². The van der Waals surface area contributed by atoms with Gasteiger partial charge in [0.25, 0.3) is 0 Å². The first-order valence-corrected chi connectivity index (χ1v) is 4.63.